The van der Waals surface area contributed by atoms with Gasteiger partial charge in [-0.05, 0) is 43.5 Å². The SMILES string of the molecule is CC[C@]1(C)OC(Oc2ccc3c(OC(c4ccccc4)c4ccccc4)cc(=O)oc3c2C)[C@H](O)[C@H](O)[C@H]1OC. The van der Waals surface area contributed by atoms with Crippen molar-refractivity contribution in [1.29, 1.82) is 0 Å². The van der Waals surface area contributed by atoms with Crippen molar-refractivity contribution in [2.75, 3.05) is 7.11 Å². The van der Waals surface area contributed by atoms with E-state index in [4.69, 9.17) is 23.4 Å². The smallest absolute Gasteiger partial charge is 0.339 e. The Bertz CT molecular complexity index is 1460. The monoisotopic (exact) mass is 546 g/mol. The number of aliphatic hydroxyl groups excluding tert-OH is 2. The summed E-state index contributed by atoms with van der Waals surface area (Å²) in [5, 5.41) is 22.1. The van der Waals surface area contributed by atoms with E-state index in [1.54, 1.807) is 26.0 Å². The minimum atomic E-state index is -1.36. The molecule has 0 bridgehead atoms. The molecule has 5 rings (SSSR count). The molecule has 0 aliphatic carbocycles. The first-order valence-electron chi connectivity index (χ1n) is 13.3. The molecule has 5 atom stereocenters. The molecule has 0 saturated carbocycles. The van der Waals surface area contributed by atoms with Crippen LogP contribution in [0, 0.1) is 6.92 Å². The van der Waals surface area contributed by atoms with Gasteiger partial charge < -0.3 is 33.6 Å². The summed E-state index contributed by atoms with van der Waals surface area (Å²) in [5.41, 5.74) is 1.21. The van der Waals surface area contributed by atoms with Gasteiger partial charge in [-0.25, -0.2) is 4.79 Å². The molecule has 2 N–H and O–H groups in total. The maximum atomic E-state index is 12.7. The van der Waals surface area contributed by atoms with E-state index in [1.165, 1.54) is 13.2 Å². The molecular weight excluding hydrogens is 512 g/mol. The van der Waals surface area contributed by atoms with Gasteiger partial charge in [-0.15, -0.1) is 0 Å². The Balaban J connectivity index is 1.51. The molecule has 1 aliphatic heterocycles. The van der Waals surface area contributed by atoms with Crippen molar-refractivity contribution in [3.8, 4) is 11.5 Å². The van der Waals surface area contributed by atoms with Crippen molar-refractivity contribution in [3.05, 3.63) is 106 Å². The molecule has 8 heteroatoms. The second-order valence-corrected chi connectivity index (χ2v) is 10.2. The number of hydrogen-bond donors (Lipinski definition) is 2. The highest BCUT2D eigenvalue weighted by Gasteiger charge is 2.52. The lowest BCUT2D eigenvalue weighted by atomic mass is 9.86. The second kappa shape index (κ2) is 11.4. The van der Waals surface area contributed by atoms with E-state index in [2.05, 4.69) is 0 Å². The van der Waals surface area contributed by atoms with E-state index in [9.17, 15) is 15.0 Å². The molecule has 0 spiro atoms. The third-order valence-corrected chi connectivity index (χ3v) is 7.65. The number of aliphatic hydroxyl groups is 2. The maximum Gasteiger partial charge on any atom is 0.339 e. The highest BCUT2D eigenvalue weighted by Crippen LogP contribution is 2.39. The van der Waals surface area contributed by atoms with Crippen LogP contribution in [0.15, 0.2) is 88.1 Å². The van der Waals surface area contributed by atoms with Gasteiger partial charge in [0.05, 0.1) is 17.1 Å². The van der Waals surface area contributed by atoms with E-state index < -0.39 is 41.9 Å². The van der Waals surface area contributed by atoms with Crippen LogP contribution in [0.2, 0.25) is 0 Å². The van der Waals surface area contributed by atoms with Gasteiger partial charge in [0.25, 0.3) is 0 Å². The molecule has 2 heterocycles. The molecule has 1 fully saturated rings. The average Bonchev–Trinajstić information content (AvgIpc) is 2.97. The van der Waals surface area contributed by atoms with E-state index in [0.717, 1.165) is 11.1 Å². The molecule has 40 heavy (non-hydrogen) atoms. The van der Waals surface area contributed by atoms with Crippen LogP contribution < -0.4 is 15.1 Å². The Morgan fingerprint density at radius 2 is 1.55 bits per heavy atom. The highest BCUT2D eigenvalue weighted by atomic mass is 16.7. The fourth-order valence-corrected chi connectivity index (χ4v) is 5.25. The fourth-order valence-electron chi connectivity index (χ4n) is 5.25. The predicted octanol–water partition coefficient (Wildman–Crippen LogP) is 4.91. The summed E-state index contributed by atoms with van der Waals surface area (Å²) in [6.07, 6.45) is -4.43. The first-order chi connectivity index (χ1) is 19.3. The average molecular weight is 547 g/mol. The summed E-state index contributed by atoms with van der Waals surface area (Å²) < 4.78 is 29.7. The predicted molar refractivity (Wildman–Crippen MR) is 150 cm³/mol. The first-order valence-corrected chi connectivity index (χ1v) is 13.3. The summed E-state index contributed by atoms with van der Waals surface area (Å²) in [5.74, 6) is 0.700. The first kappa shape index (κ1) is 27.9. The zero-order valence-electron chi connectivity index (χ0n) is 22.9. The van der Waals surface area contributed by atoms with E-state index in [0.29, 0.717) is 34.5 Å². The minimum Gasteiger partial charge on any atom is -0.480 e. The molecule has 3 aromatic carbocycles. The van der Waals surface area contributed by atoms with Gasteiger partial charge in [0, 0.05) is 12.7 Å². The number of hydrogen-bond acceptors (Lipinski definition) is 8. The third kappa shape index (κ3) is 5.23. The van der Waals surface area contributed by atoms with Crippen LogP contribution in [-0.2, 0) is 9.47 Å². The van der Waals surface area contributed by atoms with Crippen LogP contribution in [0.3, 0.4) is 0 Å². The van der Waals surface area contributed by atoms with Crippen LogP contribution in [0.4, 0.5) is 0 Å². The van der Waals surface area contributed by atoms with Crippen LogP contribution in [0.1, 0.15) is 43.1 Å². The topological polar surface area (TPSA) is 108 Å². The molecule has 0 amide bonds. The van der Waals surface area contributed by atoms with Gasteiger partial charge >= 0.3 is 5.63 Å². The van der Waals surface area contributed by atoms with Crippen molar-refractivity contribution >= 4 is 11.0 Å². The molecule has 210 valence electrons. The Hall–Kier alpha value is -3.69. The Kier molecular flexibility index (Phi) is 7.96. The van der Waals surface area contributed by atoms with Crippen molar-refractivity contribution in [2.24, 2.45) is 0 Å². The number of fused-ring (bicyclic) bond motifs is 1. The van der Waals surface area contributed by atoms with Gasteiger partial charge in [0.15, 0.2) is 0 Å². The summed E-state index contributed by atoms with van der Waals surface area (Å²) in [4.78, 5) is 12.7. The maximum absolute atomic E-state index is 12.7. The molecule has 1 aliphatic rings. The molecular formula is C32H34O8. The van der Waals surface area contributed by atoms with Crippen molar-refractivity contribution in [1.82, 2.24) is 0 Å². The molecule has 0 radical (unpaired) electrons. The number of aryl methyl sites for hydroxylation is 1. The molecule has 1 saturated heterocycles. The zero-order chi connectivity index (χ0) is 28.4. The summed E-state index contributed by atoms with van der Waals surface area (Å²) in [6.45, 7) is 5.46. The summed E-state index contributed by atoms with van der Waals surface area (Å²) >= 11 is 0. The lowest BCUT2D eigenvalue weighted by molar-refractivity contribution is -0.311. The Labute approximate surface area is 232 Å². The van der Waals surface area contributed by atoms with Gasteiger partial charge in [0.2, 0.25) is 6.29 Å². The summed E-state index contributed by atoms with van der Waals surface area (Å²) in [6, 6.07) is 24.3. The normalized spacial score (nSPS) is 24.8. The minimum absolute atomic E-state index is 0.291. The third-order valence-electron chi connectivity index (χ3n) is 7.65. The Morgan fingerprint density at radius 1 is 0.925 bits per heavy atom. The number of rotatable bonds is 8. The molecule has 1 aromatic heterocycles. The van der Waals surface area contributed by atoms with Crippen molar-refractivity contribution < 1.29 is 33.6 Å². The van der Waals surface area contributed by atoms with Crippen LogP contribution >= 0.6 is 0 Å². The lowest BCUT2D eigenvalue weighted by Gasteiger charge is -2.47. The highest BCUT2D eigenvalue weighted by molar-refractivity contribution is 5.87. The number of benzene rings is 3. The molecule has 8 nitrogen and oxygen atoms in total. The van der Waals surface area contributed by atoms with Gasteiger partial charge in [0.1, 0.15) is 41.5 Å². The van der Waals surface area contributed by atoms with E-state index in [-0.39, 0.29) is 0 Å². The van der Waals surface area contributed by atoms with Gasteiger partial charge in [-0.3, -0.25) is 0 Å². The standard InChI is InChI=1S/C32H34O8/c1-5-32(3)30(36-4)26(34)27(35)31(40-32)38-23-17-16-22-24(18-25(33)39-28(22)19(23)2)37-29(20-12-8-6-9-13-20)21-14-10-7-11-15-21/h6-18,26-27,29-31,34-35H,5H2,1-4H3/t26-,27+,30+,31?,32-/m0/s1. The quantitative estimate of drug-likeness (QED) is 0.300. The molecule has 4 aromatic rings. The van der Waals surface area contributed by atoms with Gasteiger partial charge in [-0.2, -0.15) is 0 Å². The van der Waals surface area contributed by atoms with E-state index in [1.807, 2.05) is 67.6 Å². The fraction of sp³-hybridized carbons (Fsp3) is 0.344. The largest absolute Gasteiger partial charge is 0.480 e. The lowest BCUT2D eigenvalue weighted by Crippen LogP contribution is -2.64. The second-order valence-electron chi connectivity index (χ2n) is 10.2. The van der Waals surface area contributed by atoms with Crippen molar-refractivity contribution in [3.63, 3.8) is 0 Å². The van der Waals surface area contributed by atoms with Crippen LogP contribution in [0.5, 0.6) is 11.5 Å². The molecule has 1 unspecified atom stereocenters. The zero-order valence-corrected chi connectivity index (χ0v) is 22.9. The number of ether oxygens (including phenoxy) is 4. The van der Waals surface area contributed by atoms with Crippen LogP contribution in [0.25, 0.3) is 11.0 Å². The summed E-state index contributed by atoms with van der Waals surface area (Å²) in [7, 11) is 1.47. The van der Waals surface area contributed by atoms with Gasteiger partial charge in [-0.1, -0.05) is 67.6 Å². The van der Waals surface area contributed by atoms with E-state index >= 15 is 0 Å². The number of methoxy groups -OCH3 is 1. The van der Waals surface area contributed by atoms with Crippen molar-refractivity contribution in [2.45, 2.75) is 63.5 Å². The Morgan fingerprint density at radius 3 is 2.12 bits per heavy atom. The van der Waals surface area contributed by atoms with Crippen LogP contribution in [-0.4, -0.2) is 47.5 Å².